The quantitative estimate of drug-likeness (QED) is 0.147. The normalized spacial score (nSPS) is 12.1. The number of non-ortho nitro benzene ring substituents is 1. The summed E-state index contributed by atoms with van der Waals surface area (Å²) in [6.45, 7) is 3.28. The molecule has 0 saturated heterocycles. The number of rotatable bonds is 7. The predicted octanol–water partition coefficient (Wildman–Crippen LogP) is 5.25. The summed E-state index contributed by atoms with van der Waals surface area (Å²) < 4.78 is 25.5. The zero-order chi connectivity index (χ0) is 25.1. The summed E-state index contributed by atoms with van der Waals surface area (Å²) in [7, 11) is 0. The van der Waals surface area contributed by atoms with Gasteiger partial charge in [0.25, 0.3) is 11.6 Å². The van der Waals surface area contributed by atoms with Crippen LogP contribution in [0.5, 0.6) is 0 Å². The molecule has 4 aromatic rings. The highest BCUT2D eigenvalue weighted by atomic mass is 35.5. The molecule has 0 aliphatic heterocycles. The van der Waals surface area contributed by atoms with Crippen molar-refractivity contribution in [1.82, 2.24) is 20.0 Å². The van der Waals surface area contributed by atoms with Gasteiger partial charge in [-0.3, -0.25) is 10.1 Å². The minimum Gasteiger partial charge on any atom is -0.449 e. The van der Waals surface area contributed by atoms with Crippen LogP contribution in [0.15, 0.2) is 59.0 Å². The van der Waals surface area contributed by atoms with E-state index in [1.54, 1.807) is 13.8 Å². The first kappa shape index (κ1) is 23.8. The van der Waals surface area contributed by atoms with Crippen molar-refractivity contribution in [2.24, 2.45) is 0 Å². The van der Waals surface area contributed by atoms with Gasteiger partial charge in [-0.05, 0) is 56.3 Å². The molecule has 0 amide bonds. The highest BCUT2D eigenvalue weighted by molar-refractivity contribution is 6.31. The van der Waals surface area contributed by atoms with E-state index in [1.807, 2.05) is 0 Å². The zero-order valence-corrected chi connectivity index (χ0v) is 19.1. The first-order valence-corrected chi connectivity index (χ1v) is 10.6. The van der Waals surface area contributed by atoms with Gasteiger partial charge in [0.05, 0.1) is 16.3 Å². The Kier molecular flexibility index (Phi) is 6.69. The van der Waals surface area contributed by atoms with Crippen LogP contribution in [0, 0.1) is 22.9 Å². The number of hydrogen-bond donors (Lipinski definition) is 0. The summed E-state index contributed by atoms with van der Waals surface area (Å²) >= 11 is 6.41. The van der Waals surface area contributed by atoms with E-state index in [9.17, 15) is 19.3 Å². The molecule has 0 N–H and O–H groups in total. The number of benzene rings is 2. The molecule has 0 aliphatic rings. The highest BCUT2D eigenvalue weighted by Crippen LogP contribution is 2.26. The van der Waals surface area contributed by atoms with Crippen LogP contribution in [-0.2, 0) is 9.53 Å². The molecule has 0 radical (unpaired) electrons. The van der Waals surface area contributed by atoms with Crippen LogP contribution in [0.3, 0.4) is 0 Å². The molecule has 0 saturated carbocycles. The van der Waals surface area contributed by atoms with Crippen LogP contribution >= 0.6 is 11.6 Å². The number of nitro benzene ring substituents is 1. The standard InChI is InChI=1S/C23H17ClFN5O5/c1-13-19(21(24)29(28-13)17-9-5-16(25)6-10-17)11-12-20(31)34-14(2)22-26-27-23(35-22)15-3-7-18(8-4-15)30(32)33/h3-12,14H,1-2H3/b12-11+. The average molecular weight is 498 g/mol. The van der Waals surface area contributed by atoms with E-state index >= 15 is 0 Å². The van der Waals surface area contributed by atoms with Gasteiger partial charge < -0.3 is 9.15 Å². The molecule has 0 bridgehead atoms. The van der Waals surface area contributed by atoms with Crippen molar-refractivity contribution < 1.29 is 23.3 Å². The molecule has 0 aliphatic carbocycles. The van der Waals surface area contributed by atoms with Gasteiger partial charge in [-0.2, -0.15) is 5.10 Å². The van der Waals surface area contributed by atoms with Crippen molar-refractivity contribution in [3.63, 3.8) is 0 Å². The SMILES string of the molecule is Cc1nn(-c2ccc(F)cc2)c(Cl)c1/C=C/C(=O)OC(C)c1nnc(-c2ccc([N+](=O)[O-])cc2)o1. The van der Waals surface area contributed by atoms with Gasteiger partial charge in [-0.15, -0.1) is 10.2 Å². The fourth-order valence-electron chi connectivity index (χ4n) is 3.11. The lowest BCUT2D eigenvalue weighted by Gasteiger charge is -2.06. The Bertz CT molecular complexity index is 1410. The fraction of sp³-hybridized carbons (Fsp3) is 0.130. The first-order valence-electron chi connectivity index (χ1n) is 10.2. The number of hydrogen-bond acceptors (Lipinski definition) is 8. The van der Waals surface area contributed by atoms with E-state index < -0.39 is 17.0 Å². The number of carbonyl (C=O) groups is 1. The number of ether oxygens (including phenoxy) is 1. The van der Waals surface area contributed by atoms with Crippen LogP contribution in [0.2, 0.25) is 5.15 Å². The lowest BCUT2D eigenvalue weighted by molar-refractivity contribution is -0.384. The Morgan fingerprint density at radius 3 is 2.54 bits per heavy atom. The second-order valence-electron chi connectivity index (χ2n) is 7.34. The van der Waals surface area contributed by atoms with Crippen LogP contribution < -0.4 is 0 Å². The summed E-state index contributed by atoms with van der Waals surface area (Å²) in [6.07, 6.45) is 1.80. The second kappa shape index (κ2) is 9.85. The minimum atomic E-state index is -0.857. The van der Waals surface area contributed by atoms with Crippen LogP contribution in [0.4, 0.5) is 10.1 Å². The summed E-state index contributed by atoms with van der Waals surface area (Å²) in [4.78, 5) is 22.6. The molecule has 0 spiro atoms. The maximum absolute atomic E-state index is 13.2. The predicted molar refractivity (Wildman–Crippen MR) is 123 cm³/mol. The minimum absolute atomic E-state index is 0.0541. The van der Waals surface area contributed by atoms with Gasteiger partial charge in [-0.1, -0.05) is 11.6 Å². The fourth-order valence-corrected chi connectivity index (χ4v) is 3.45. The molecule has 178 valence electrons. The Balaban J connectivity index is 1.43. The Morgan fingerprint density at radius 1 is 1.20 bits per heavy atom. The van der Waals surface area contributed by atoms with Crippen molar-refractivity contribution in [3.05, 3.63) is 92.8 Å². The van der Waals surface area contributed by atoms with Gasteiger partial charge in [0.15, 0.2) is 6.10 Å². The molecule has 0 fully saturated rings. The van der Waals surface area contributed by atoms with Crippen molar-refractivity contribution in [1.29, 1.82) is 0 Å². The maximum atomic E-state index is 13.2. The number of nitrogens with zero attached hydrogens (tertiary/aromatic N) is 5. The summed E-state index contributed by atoms with van der Waals surface area (Å²) in [5, 5.41) is 23.1. The summed E-state index contributed by atoms with van der Waals surface area (Å²) in [5.41, 5.74) is 2.03. The van der Waals surface area contributed by atoms with E-state index in [0.29, 0.717) is 22.5 Å². The molecular weight excluding hydrogens is 481 g/mol. The van der Waals surface area contributed by atoms with E-state index in [4.69, 9.17) is 20.8 Å². The zero-order valence-electron chi connectivity index (χ0n) is 18.4. The number of halogens is 2. The second-order valence-corrected chi connectivity index (χ2v) is 7.70. The van der Waals surface area contributed by atoms with Crippen LogP contribution in [0.1, 0.15) is 30.2 Å². The smallest absolute Gasteiger partial charge is 0.331 e. The molecule has 12 heteroatoms. The van der Waals surface area contributed by atoms with Crippen molar-refractivity contribution in [3.8, 4) is 17.1 Å². The van der Waals surface area contributed by atoms with Crippen molar-refractivity contribution >= 4 is 29.3 Å². The largest absolute Gasteiger partial charge is 0.449 e. The van der Waals surface area contributed by atoms with Gasteiger partial charge in [-0.25, -0.2) is 13.9 Å². The van der Waals surface area contributed by atoms with Crippen LogP contribution in [0.25, 0.3) is 23.2 Å². The number of carbonyl (C=O) groups excluding carboxylic acids is 1. The molecular formula is C23H17ClFN5O5. The van der Waals surface area contributed by atoms with Crippen molar-refractivity contribution in [2.75, 3.05) is 0 Å². The lowest BCUT2D eigenvalue weighted by atomic mass is 10.2. The number of aryl methyl sites for hydroxylation is 1. The number of nitro groups is 1. The molecule has 2 aromatic heterocycles. The van der Waals surface area contributed by atoms with Crippen molar-refractivity contribution in [2.45, 2.75) is 20.0 Å². The van der Waals surface area contributed by atoms with Gasteiger partial charge in [0.2, 0.25) is 5.89 Å². The lowest BCUT2D eigenvalue weighted by Crippen LogP contribution is -2.06. The van der Waals surface area contributed by atoms with Gasteiger partial charge in [0.1, 0.15) is 11.0 Å². The molecule has 4 rings (SSSR count). The Morgan fingerprint density at radius 2 is 1.89 bits per heavy atom. The van der Waals surface area contributed by atoms with Gasteiger partial charge >= 0.3 is 5.97 Å². The monoisotopic (exact) mass is 497 g/mol. The van der Waals surface area contributed by atoms with E-state index in [0.717, 1.165) is 0 Å². The third kappa shape index (κ3) is 5.25. The third-order valence-corrected chi connectivity index (χ3v) is 5.28. The van der Waals surface area contributed by atoms with Gasteiger partial charge in [0, 0.05) is 29.3 Å². The number of esters is 1. The maximum Gasteiger partial charge on any atom is 0.331 e. The molecule has 10 nitrogen and oxygen atoms in total. The molecule has 2 aromatic carbocycles. The molecule has 1 unspecified atom stereocenters. The average Bonchev–Trinajstić information content (AvgIpc) is 3.43. The topological polar surface area (TPSA) is 126 Å². The highest BCUT2D eigenvalue weighted by Gasteiger charge is 2.19. The first-order chi connectivity index (χ1) is 16.7. The van der Waals surface area contributed by atoms with E-state index in [2.05, 4.69) is 15.3 Å². The van der Waals surface area contributed by atoms with E-state index in [-0.39, 0.29) is 28.4 Å². The Hall–Kier alpha value is -4.38. The summed E-state index contributed by atoms with van der Waals surface area (Å²) in [5.74, 6) is -0.883. The summed E-state index contributed by atoms with van der Waals surface area (Å²) in [6, 6.07) is 11.2. The molecule has 35 heavy (non-hydrogen) atoms. The van der Waals surface area contributed by atoms with Crippen LogP contribution in [-0.4, -0.2) is 30.9 Å². The Labute approximate surface area is 202 Å². The molecule has 1 atom stereocenters. The molecule has 2 heterocycles. The van der Waals surface area contributed by atoms with E-state index in [1.165, 1.54) is 65.4 Å². The number of aromatic nitrogens is 4. The third-order valence-electron chi connectivity index (χ3n) is 4.91.